The first kappa shape index (κ1) is 13.0. The van der Waals surface area contributed by atoms with Crippen molar-refractivity contribution < 1.29 is 18.3 Å². The number of aliphatic hydroxyl groups excluding tert-OH is 1. The Morgan fingerprint density at radius 1 is 1.38 bits per heavy atom. The fourth-order valence-corrected chi connectivity index (χ4v) is 1.45. The first-order chi connectivity index (χ1) is 5.41. The number of alkyl halides is 3. The molecule has 1 aliphatic rings. The molecule has 1 aliphatic heterocycles. The standard InChI is InChI=1S/C7H12F3NO.ClH/c1-11-3-2-5(12)4-6(11)7(8,9)10;/h5-6,12H,2-4H2,1H3;1H/t5-,6+;/m0./s1. The van der Waals surface area contributed by atoms with Crippen molar-refractivity contribution in [2.75, 3.05) is 13.6 Å². The second kappa shape index (κ2) is 4.48. The van der Waals surface area contributed by atoms with Crippen LogP contribution in [0.3, 0.4) is 0 Å². The van der Waals surface area contributed by atoms with Crippen LogP contribution in [-0.4, -0.2) is 41.9 Å². The van der Waals surface area contributed by atoms with Crippen molar-refractivity contribution in [3.05, 3.63) is 0 Å². The smallest absolute Gasteiger partial charge is 0.393 e. The summed E-state index contributed by atoms with van der Waals surface area (Å²) in [7, 11) is 1.43. The molecule has 1 fully saturated rings. The van der Waals surface area contributed by atoms with E-state index in [1.165, 1.54) is 11.9 Å². The number of piperidine rings is 1. The van der Waals surface area contributed by atoms with E-state index in [9.17, 15) is 13.2 Å². The van der Waals surface area contributed by atoms with Crippen molar-refractivity contribution in [1.29, 1.82) is 0 Å². The first-order valence-electron chi connectivity index (χ1n) is 3.86. The van der Waals surface area contributed by atoms with Crippen LogP contribution in [0.5, 0.6) is 0 Å². The molecule has 0 amide bonds. The van der Waals surface area contributed by atoms with Crippen LogP contribution in [-0.2, 0) is 0 Å². The van der Waals surface area contributed by atoms with Gasteiger partial charge in [-0.3, -0.25) is 4.90 Å². The molecule has 0 radical (unpaired) electrons. The molecular formula is C7H13ClF3NO. The molecule has 6 heteroatoms. The van der Waals surface area contributed by atoms with Crippen LogP contribution in [0.4, 0.5) is 13.2 Å². The highest BCUT2D eigenvalue weighted by atomic mass is 35.5. The lowest BCUT2D eigenvalue weighted by atomic mass is 10.00. The second-order valence-corrected chi connectivity index (χ2v) is 3.22. The molecule has 80 valence electrons. The Morgan fingerprint density at radius 2 is 1.92 bits per heavy atom. The molecule has 1 heterocycles. The van der Waals surface area contributed by atoms with Crippen molar-refractivity contribution in [3.63, 3.8) is 0 Å². The van der Waals surface area contributed by atoms with Crippen molar-refractivity contribution in [2.24, 2.45) is 0 Å². The summed E-state index contributed by atoms with van der Waals surface area (Å²) in [5, 5.41) is 9.03. The largest absolute Gasteiger partial charge is 0.404 e. The van der Waals surface area contributed by atoms with E-state index in [1.54, 1.807) is 0 Å². The minimum Gasteiger partial charge on any atom is -0.393 e. The summed E-state index contributed by atoms with van der Waals surface area (Å²) in [6.45, 7) is 0.311. The molecular weight excluding hydrogens is 207 g/mol. The Morgan fingerprint density at radius 3 is 2.31 bits per heavy atom. The molecule has 0 aliphatic carbocycles. The number of likely N-dealkylation sites (tertiary alicyclic amines) is 1. The quantitative estimate of drug-likeness (QED) is 0.666. The molecule has 0 aromatic carbocycles. The van der Waals surface area contributed by atoms with Gasteiger partial charge in [-0.05, 0) is 19.9 Å². The first-order valence-corrected chi connectivity index (χ1v) is 3.86. The van der Waals surface area contributed by atoms with E-state index in [0.29, 0.717) is 13.0 Å². The number of rotatable bonds is 0. The van der Waals surface area contributed by atoms with Crippen molar-refractivity contribution in [3.8, 4) is 0 Å². The fraction of sp³-hybridized carbons (Fsp3) is 1.00. The molecule has 0 aromatic rings. The van der Waals surface area contributed by atoms with Gasteiger partial charge in [-0.1, -0.05) is 0 Å². The molecule has 2 atom stereocenters. The van der Waals surface area contributed by atoms with Gasteiger partial charge < -0.3 is 5.11 Å². The summed E-state index contributed by atoms with van der Waals surface area (Å²) < 4.78 is 36.6. The Hall–Kier alpha value is -0.0000000000000000555. The maximum Gasteiger partial charge on any atom is 0.404 e. The lowest BCUT2D eigenvalue weighted by molar-refractivity contribution is -0.195. The number of nitrogens with zero attached hydrogens (tertiary/aromatic N) is 1. The molecule has 0 aromatic heterocycles. The zero-order chi connectivity index (χ0) is 9.35. The van der Waals surface area contributed by atoms with Crippen molar-refractivity contribution in [1.82, 2.24) is 4.90 Å². The van der Waals surface area contributed by atoms with Crippen LogP contribution in [0.1, 0.15) is 12.8 Å². The van der Waals surface area contributed by atoms with E-state index < -0.39 is 18.3 Å². The second-order valence-electron chi connectivity index (χ2n) is 3.22. The topological polar surface area (TPSA) is 23.5 Å². The van der Waals surface area contributed by atoms with E-state index in [1.807, 2.05) is 0 Å². The van der Waals surface area contributed by atoms with Gasteiger partial charge in [-0.25, -0.2) is 0 Å². The molecule has 0 spiro atoms. The normalized spacial score (nSPS) is 31.2. The van der Waals surface area contributed by atoms with Gasteiger partial charge in [-0.2, -0.15) is 13.2 Å². The van der Waals surface area contributed by atoms with Crippen molar-refractivity contribution >= 4 is 12.4 Å². The molecule has 13 heavy (non-hydrogen) atoms. The summed E-state index contributed by atoms with van der Waals surface area (Å²) in [5.74, 6) is 0. The van der Waals surface area contributed by atoms with Crippen LogP contribution < -0.4 is 0 Å². The average Bonchev–Trinajstić information content (AvgIpc) is 1.92. The van der Waals surface area contributed by atoms with Gasteiger partial charge >= 0.3 is 6.18 Å². The lowest BCUT2D eigenvalue weighted by Gasteiger charge is -2.36. The van der Waals surface area contributed by atoms with Crippen LogP contribution in [0.15, 0.2) is 0 Å². The molecule has 1 rings (SSSR count). The molecule has 0 saturated carbocycles. The van der Waals surface area contributed by atoms with Crippen LogP contribution in [0.2, 0.25) is 0 Å². The summed E-state index contributed by atoms with van der Waals surface area (Å²) in [6.07, 6.45) is -4.77. The highest BCUT2D eigenvalue weighted by molar-refractivity contribution is 5.85. The summed E-state index contributed by atoms with van der Waals surface area (Å²) in [6, 6.07) is -1.47. The maximum atomic E-state index is 12.2. The van der Waals surface area contributed by atoms with E-state index in [-0.39, 0.29) is 18.8 Å². The zero-order valence-electron chi connectivity index (χ0n) is 7.21. The lowest BCUT2D eigenvalue weighted by Crippen LogP contribution is -2.50. The highest BCUT2D eigenvalue weighted by Gasteiger charge is 2.44. The Labute approximate surface area is 81.1 Å². The number of hydrogen-bond acceptors (Lipinski definition) is 2. The van der Waals surface area contributed by atoms with Crippen molar-refractivity contribution in [2.45, 2.75) is 31.2 Å². The molecule has 0 unspecified atom stereocenters. The average molecular weight is 220 g/mol. The van der Waals surface area contributed by atoms with Gasteiger partial charge in [0.2, 0.25) is 0 Å². The maximum absolute atomic E-state index is 12.2. The number of aliphatic hydroxyl groups is 1. The Kier molecular flexibility index (Phi) is 4.48. The molecule has 1 saturated heterocycles. The molecule has 2 nitrogen and oxygen atoms in total. The number of halogens is 4. The SMILES string of the molecule is CN1CC[C@H](O)C[C@@H]1C(F)(F)F.Cl. The van der Waals surface area contributed by atoms with E-state index in [2.05, 4.69) is 0 Å². The van der Waals surface area contributed by atoms with E-state index in [0.717, 1.165) is 0 Å². The minimum absolute atomic E-state index is 0. The minimum atomic E-state index is -4.21. The number of hydrogen-bond donors (Lipinski definition) is 1. The van der Waals surface area contributed by atoms with Gasteiger partial charge in [0.25, 0.3) is 0 Å². The third-order valence-corrected chi connectivity index (χ3v) is 2.22. The summed E-state index contributed by atoms with van der Waals surface area (Å²) >= 11 is 0. The third kappa shape index (κ3) is 3.32. The third-order valence-electron chi connectivity index (χ3n) is 2.22. The van der Waals surface area contributed by atoms with Gasteiger partial charge in [0.1, 0.15) is 6.04 Å². The fourth-order valence-electron chi connectivity index (χ4n) is 1.45. The van der Waals surface area contributed by atoms with E-state index >= 15 is 0 Å². The molecule has 1 N–H and O–H groups in total. The monoisotopic (exact) mass is 219 g/mol. The Balaban J connectivity index is 0.00000144. The predicted molar refractivity (Wildman–Crippen MR) is 45.0 cm³/mol. The summed E-state index contributed by atoms with van der Waals surface area (Å²) in [4.78, 5) is 1.24. The van der Waals surface area contributed by atoms with Crippen LogP contribution in [0.25, 0.3) is 0 Å². The van der Waals surface area contributed by atoms with E-state index in [4.69, 9.17) is 5.11 Å². The van der Waals surface area contributed by atoms with Gasteiger partial charge in [-0.15, -0.1) is 12.4 Å². The molecule has 0 bridgehead atoms. The Bertz CT molecular complexity index is 164. The van der Waals surface area contributed by atoms with Gasteiger partial charge in [0.05, 0.1) is 6.10 Å². The zero-order valence-corrected chi connectivity index (χ0v) is 8.03. The predicted octanol–water partition coefficient (Wildman–Crippen LogP) is 1.43. The van der Waals surface area contributed by atoms with Gasteiger partial charge in [0.15, 0.2) is 0 Å². The highest BCUT2D eigenvalue weighted by Crippen LogP contribution is 2.30. The van der Waals surface area contributed by atoms with Crippen LogP contribution >= 0.6 is 12.4 Å². The van der Waals surface area contributed by atoms with Gasteiger partial charge in [0, 0.05) is 6.54 Å². The summed E-state index contributed by atoms with van der Waals surface area (Å²) in [5.41, 5.74) is 0. The van der Waals surface area contributed by atoms with Crippen LogP contribution in [0, 0.1) is 0 Å².